The Morgan fingerprint density at radius 2 is 1.61 bits per heavy atom. The Balaban J connectivity index is 1.89. The molecule has 0 bridgehead atoms. The van der Waals surface area contributed by atoms with E-state index in [9.17, 15) is 0 Å². The monoisotopic (exact) mass is 328 g/mol. The zero-order valence-corrected chi connectivity index (χ0v) is 13.7. The second kappa shape index (κ2) is 5.48. The number of benzene rings is 1. The van der Waals surface area contributed by atoms with Crippen LogP contribution in [0, 0.1) is 0 Å². The number of alkyl halides is 2. The van der Waals surface area contributed by atoms with Gasteiger partial charge in [0, 0.05) is 0 Å². The van der Waals surface area contributed by atoms with Gasteiger partial charge < -0.3 is 18.9 Å². The van der Waals surface area contributed by atoms with Crippen LogP contribution in [-0.2, 0) is 18.9 Å². The Labute approximate surface area is 134 Å². The Hall–Kier alpha value is -1.08. The molecule has 6 heteroatoms. The molecule has 0 aromatic heterocycles. The van der Waals surface area contributed by atoms with Gasteiger partial charge in [-0.15, -0.1) is 0 Å². The molecule has 1 aromatic rings. The van der Waals surface area contributed by atoms with E-state index in [4.69, 9.17) is 18.9 Å². The van der Waals surface area contributed by atoms with Crippen LogP contribution in [0.15, 0.2) is 30.3 Å². The molecule has 0 radical (unpaired) electrons. The fourth-order valence-electron chi connectivity index (χ4n) is 2.99. The fourth-order valence-corrected chi connectivity index (χ4v) is 2.99. The highest BCUT2D eigenvalue weighted by Gasteiger charge is 2.61. The van der Waals surface area contributed by atoms with Crippen LogP contribution in [0.4, 0.5) is 8.78 Å². The predicted octanol–water partition coefficient (Wildman–Crippen LogP) is 3.67. The summed E-state index contributed by atoms with van der Waals surface area (Å²) in [4.78, 5) is 0. The molecule has 3 rings (SSSR count). The van der Waals surface area contributed by atoms with Gasteiger partial charge in [0.1, 0.15) is 6.10 Å². The smallest absolute Gasteiger partial charge is 0.304 e. The van der Waals surface area contributed by atoms with E-state index < -0.39 is 35.8 Å². The zero-order valence-electron chi connectivity index (χ0n) is 13.7. The van der Waals surface area contributed by atoms with Crippen molar-refractivity contribution >= 4 is 0 Å². The Morgan fingerprint density at radius 1 is 0.957 bits per heavy atom. The SMILES string of the molecule is CC1(C)OC[C@@H](C(F)(F)[C@@H]2OC(C)(C)O[C@H]2c2ccccc2)O1. The quantitative estimate of drug-likeness (QED) is 0.848. The lowest BCUT2D eigenvalue weighted by atomic mass is 9.97. The molecule has 3 atom stereocenters. The van der Waals surface area contributed by atoms with Crippen LogP contribution in [0.25, 0.3) is 0 Å². The summed E-state index contributed by atoms with van der Waals surface area (Å²) in [7, 11) is 0. The molecule has 2 aliphatic rings. The molecule has 2 fully saturated rings. The summed E-state index contributed by atoms with van der Waals surface area (Å²) in [6.07, 6.45) is -3.68. The molecule has 1 aromatic carbocycles. The predicted molar refractivity (Wildman–Crippen MR) is 79.1 cm³/mol. The summed E-state index contributed by atoms with van der Waals surface area (Å²) in [6, 6.07) is 8.92. The van der Waals surface area contributed by atoms with Crippen LogP contribution in [0.5, 0.6) is 0 Å². The maximum atomic E-state index is 15.0. The average Bonchev–Trinajstić information content (AvgIpc) is 3.00. The van der Waals surface area contributed by atoms with Crippen LogP contribution < -0.4 is 0 Å². The van der Waals surface area contributed by atoms with Gasteiger partial charge in [-0.2, -0.15) is 0 Å². The van der Waals surface area contributed by atoms with Crippen molar-refractivity contribution in [2.45, 2.75) is 63.5 Å². The first-order valence-corrected chi connectivity index (χ1v) is 7.71. The number of halogens is 2. The van der Waals surface area contributed by atoms with Gasteiger partial charge in [0.2, 0.25) is 0 Å². The van der Waals surface area contributed by atoms with Gasteiger partial charge in [-0.3, -0.25) is 0 Å². The summed E-state index contributed by atoms with van der Waals surface area (Å²) in [5.41, 5.74) is 0.654. The molecule has 0 unspecified atom stereocenters. The summed E-state index contributed by atoms with van der Waals surface area (Å²) in [5, 5.41) is 0. The zero-order chi connectivity index (χ0) is 16.9. The van der Waals surface area contributed by atoms with Gasteiger partial charge in [0.15, 0.2) is 23.8 Å². The topological polar surface area (TPSA) is 36.9 Å². The van der Waals surface area contributed by atoms with Crippen molar-refractivity contribution in [3.05, 3.63) is 35.9 Å². The second-order valence-corrected chi connectivity index (χ2v) is 6.88. The van der Waals surface area contributed by atoms with Crippen LogP contribution in [0.1, 0.15) is 39.4 Å². The molecule has 4 nitrogen and oxygen atoms in total. The first kappa shape index (κ1) is 16.8. The standard InChI is InChI=1S/C17H22F2O4/c1-15(2)20-10-12(21-15)17(18,19)14-13(22-16(3,4)23-14)11-8-6-5-7-9-11/h5-9,12-14H,10H2,1-4H3/t12-,13-,14+/m0/s1. The third kappa shape index (κ3) is 3.26. The van der Waals surface area contributed by atoms with Crippen molar-refractivity contribution in [2.24, 2.45) is 0 Å². The van der Waals surface area contributed by atoms with Crippen LogP contribution in [0.3, 0.4) is 0 Å². The highest BCUT2D eigenvalue weighted by molar-refractivity contribution is 5.21. The molecule has 2 saturated heterocycles. The molecular weight excluding hydrogens is 306 g/mol. The van der Waals surface area contributed by atoms with Crippen molar-refractivity contribution < 1.29 is 27.7 Å². The van der Waals surface area contributed by atoms with Crippen molar-refractivity contribution in [3.8, 4) is 0 Å². The molecule has 2 heterocycles. The molecular formula is C17H22F2O4. The van der Waals surface area contributed by atoms with E-state index in [1.807, 2.05) is 6.07 Å². The summed E-state index contributed by atoms with van der Waals surface area (Å²) in [6.45, 7) is 6.33. The molecule has 2 aliphatic heterocycles. The first-order valence-electron chi connectivity index (χ1n) is 7.71. The Bertz CT molecular complexity index is 559. The number of rotatable bonds is 3. The number of ether oxygens (including phenoxy) is 4. The van der Waals surface area contributed by atoms with E-state index in [-0.39, 0.29) is 6.61 Å². The maximum Gasteiger partial charge on any atom is 0.304 e. The second-order valence-electron chi connectivity index (χ2n) is 6.88. The fraction of sp³-hybridized carbons (Fsp3) is 0.647. The van der Waals surface area contributed by atoms with E-state index in [2.05, 4.69) is 0 Å². The van der Waals surface area contributed by atoms with Gasteiger partial charge >= 0.3 is 5.92 Å². The molecule has 128 valence electrons. The van der Waals surface area contributed by atoms with E-state index in [1.165, 1.54) is 0 Å². The summed E-state index contributed by atoms with van der Waals surface area (Å²) < 4.78 is 52.1. The van der Waals surface area contributed by atoms with E-state index >= 15 is 8.78 Å². The minimum absolute atomic E-state index is 0.179. The third-order valence-corrected chi connectivity index (χ3v) is 4.04. The molecule has 0 saturated carbocycles. The minimum atomic E-state index is -3.25. The highest BCUT2D eigenvalue weighted by Crippen LogP contribution is 2.47. The van der Waals surface area contributed by atoms with E-state index in [0.29, 0.717) is 5.56 Å². The maximum absolute atomic E-state index is 15.0. The lowest BCUT2D eigenvalue weighted by Crippen LogP contribution is -2.49. The van der Waals surface area contributed by atoms with Crippen molar-refractivity contribution in [1.82, 2.24) is 0 Å². The van der Waals surface area contributed by atoms with Gasteiger partial charge in [-0.25, -0.2) is 8.78 Å². The average molecular weight is 328 g/mol. The van der Waals surface area contributed by atoms with Crippen LogP contribution >= 0.6 is 0 Å². The normalized spacial score (nSPS) is 33.0. The third-order valence-electron chi connectivity index (χ3n) is 4.04. The highest BCUT2D eigenvalue weighted by atomic mass is 19.3. The van der Waals surface area contributed by atoms with Gasteiger partial charge in [0.05, 0.1) is 6.61 Å². The Morgan fingerprint density at radius 3 is 2.17 bits per heavy atom. The molecule has 0 spiro atoms. The summed E-state index contributed by atoms with van der Waals surface area (Å²) in [5.74, 6) is -5.36. The largest absolute Gasteiger partial charge is 0.348 e. The van der Waals surface area contributed by atoms with Gasteiger partial charge in [-0.05, 0) is 33.3 Å². The number of hydrogen-bond acceptors (Lipinski definition) is 4. The van der Waals surface area contributed by atoms with E-state index in [1.54, 1.807) is 52.0 Å². The van der Waals surface area contributed by atoms with Crippen molar-refractivity contribution in [2.75, 3.05) is 6.61 Å². The van der Waals surface area contributed by atoms with Crippen LogP contribution in [-0.4, -0.2) is 36.3 Å². The molecule has 0 amide bonds. The molecule has 23 heavy (non-hydrogen) atoms. The van der Waals surface area contributed by atoms with Gasteiger partial charge in [-0.1, -0.05) is 30.3 Å². The molecule has 0 N–H and O–H groups in total. The van der Waals surface area contributed by atoms with Gasteiger partial charge in [0.25, 0.3) is 0 Å². The molecule has 0 aliphatic carbocycles. The van der Waals surface area contributed by atoms with Crippen LogP contribution in [0.2, 0.25) is 0 Å². The minimum Gasteiger partial charge on any atom is -0.348 e. The van der Waals surface area contributed by atoms with E-state index in [0.717, 1.165) is 0 Å². The van der Waals surface area contributed by atoms with Crippen molar-refractivity contribution in [3.63, 3.8) is 0 Å². The summed E-state index contributed by atoms with van der Waals surface area (Å²) >= 11 is 0. The number of hydrogen-bond donors (Lipinski definition) is 0. The first-order chi connectivity index (χ1) is 10.6. The lowest BCUT2D eigenvalue weighted by molar-refractivity contribution is -0.230. The Kier molecular flexibility index (Phi) is 3.99. The lowest BCUT2D eigenvalue weighted by Gasteiger charge is -2.30. The van der Waals surface area contributed by atoms with Crippen molar-refractivity contribution in [1.29, 1.82) is 0 Å².